The lowest BCUT2D eigenvalue weighted by atomic mass is 9.86. The van der Waals surface area contributed by atoms with Crippen LogP contribution in [0.25, 0.3) is 28.2 Å². The Morgan fingerprint density at radius 3 is 2.65 bits per heavy atom. The third-order valence-corrected chi connectivity index (χ3v) is 8.21. The van der Waals surface area contributed by atoms with E-state index in [4.69, 9.17) is 9.72 Å². The average molecular weight is 551 g/mol. The number of ether oxygens (including phenoxy) is 1. The van der Waals surface area contributed by atoms with Crippen LogP contribution in [0.1, 0.15) is 61.1 Å². The minimum absolute atomic E-state index is 0.338. The third-order valence-electron chi connectivity index (χ3n) is 7.39. The predicted octanol–water partition coefficient (Wildman–Crippen LogP) is 7.76. The normalized spacial score (nSPS) is 13.9. The average Bonchev–Trinajstić information content (AvgIpc) is 3.58. The van der Waals surface area contributed by atoms with Gasteiger partial charge in [0.2, 0.25) is 5.78 Å². The van der Waals surface area contributed by atoms with Crippen LogP contribution >= 0.6 is 11.3 Å². The van der Waals surface area contributed by atoms with Crippen LogP contribution in [0, 0.1) is 19.7 Å². The van der Waals surface area contributed by atoms with Crippen LogP contribution < -0.4 is 0 Å². The van der Waals surface area contributed by atoms with Gasteiger partial charge in [0.25, 0.3) is 0 Å². The lowest BCUT2D eigenvalue weighted by molar-refractivity contribution is 0.0475. The van der Waals surface area contributed by atoms with Crippen LogP contribution in [0.4, 0.5) is 4.39 Å². The number of carbonyl (C=O) groups excluding carboxylic acids is 2. The van der Waals surface area contributed by atoms with Gasteiger partial charge in [-0.05, 0) is 86.0 Å². The topological polar surface area (TPSA) is 61.2 Å². The zero-order valence-corrected chi connectivity index (χ0v) is 23.1. The number of para-hydroxylation sites is 2. The molecule has 5 nitrogen and oxygen atoms in total. The van der Waals surface area contributed by atoms with Crippen molar-refractivity contribution in [1.82, 2.24) is 9.55 Å². The van der Waals surface area contributed by atoms with E-state index in [0.717, 1.165) is 40.2 Å². The van der Waals surface area contributed by atoms with Crippen LogP contribution in [0.2, 0.25) is 0 Å². The summed E-state index contributed by atoms with van der Waals surface area (Å²) in [4.78, 5) is 33.0. The highest BCUT2D eigenvalue weighted by molar-refractivity contribution is 7.10. The van der Waals surface area contributed by atoms with E-state index in [1.165, 1.54) is 6.07 Å². The van der Waals surface area contributed by atoms with Crippen molar-refractivity contribution in [1.29, 1.82) is 0 Å². The number of rotatable bonds is 6. The first-order chi connectivity index (χ1) is 19.4. The van der Waals surface area contributed by atoms with Crippen LogP contribution in [-0.4, -0.2) is 27.9 Å². The number of aromatic nitrogens is 2. The number of Topliss-reactive ketones (excluding diaryl/α,β-unsaturated/α-hetero) is 1. The number of ketones is 1. The number of nitrogens with zero attached hydrogens (tertiary/aromatic N) is 2. The van der Waals surface area contributed by atoms with Crippen LogP contribution in [0.5, 0.6) is 0 Å². The van der Waals surface area contributed by atoms with E-state index in [1.54, 1.807) is 47.1 Å². The van der Waals surface area contributed by atoms with E-state index >= 15 is 0 Å². The fourth-order valence-electron chi connectivity index (χ4n) is 5.58. The van der Waals surface area contributed by atoms with Gasteiger partial charge in [-0.2, -0.15) is 0 Å². The van der Waals surface area contributed by atoms with Gasteiger partial charge >= 0.3 is 5.97 Å². The Morgan fingerprint density at radius 1 is 1.05 bits per heavy atom. The summed E-state index contributed by atoms with van der Waals surface area (Å²) in [5.41, 5.74) is 6.06. The maximum Gasteiger partial charge on any atom is 0.339 e. The highest BCUT2D eigenvalue weighted by Crippen LogP contribution is 2.37. The maximum atomic E-state index is 14.5. The lowest BCUT2D eigenvalue weighted by Crippen LogP contribution is -2.19. The molecule has 7 heteroatoms. The van der Waals surface area contributed by atoms with Gasteiger partial charge in [-0.25, -0.2) is 14.2 Å². The maximum absolute atomic E-state index is 14.5. The summed E-state index contributed by atoms with van der Waals surface area (Å²) >= 11 is 1.66. The Labute approximate surface area is 235 Å². The van der Waals surface area contributed by atoms with Crippen molar-refractivity contribution in [2.24, 2.45) is 0 Å². The summed E-state index contributed by atoms with van der Waals surface area (Å²) < 4.78 is 21.9. The number of esters is 1. The molecule has 0 aliphatic heterocycles. The largest absolute Gasteiger partial charge is 0.454 e. The number of allylic oxidation sites excluding steroid dienone is 1. The molecule has 6 rings (SSSR count). The van der Waals surface area contributed by atoms with Gasteiger partial charge in [0.1, 0.15) is 5.82 Å². The van der Waals surface area contributed by atoms with Gasteiger partial charge in [-0.15, -0.1) is 11.3 Å². The molecule has 0 amide bonds. The molecule has 0 spiro atoms. The van der Waals surface area contributed by atoms with E-state index < -0.39 is 12.6 Å². The zero-order chi connectivity index (χ0) is 27.8. The van der Waals surface area contributed by atoms with E-state index in [0.29, 0.717) is 39.8 Å². The van der Waals surface area contributed by atoms with Gasteiger partial charge in [0.15, 0.2) is 6.61 Å². The number of carbonyl (C=O) groups is 2. The summed E-state index contributed by atoms with van der Waals surface area (Å²) in [5, 5.41) is 2.76. The molecule has 0 radical (unpaired) electrons. The van der Waals surface area contributed by atoms with Gasteiger partial charge in [-0.3, -0.25) is 4.79 Å². The van der Waals surface area contributed by atoms with Crippen molar-refractivity contribution in [2.75, 3.05) is 6.61 Å². The fourth-order valence-corrected chi connectivity index (χ4v) is 6.26. The Hall–Kier alpha value is -4.36. The Balaban J connectivity index is 1.32. The molecule has 0 fully saturated rings. The standard InChI is InChI=1S/C33H27FN2O3S/c1-20-17-26(21(2)36(20)29-15-6-4-13-27(29)34)30(37)19-39-33(38)31-24-11-3-5-14-28(24)35-32-22(9-7-12-25(31)32)18-23-10-8-16-40-23/h3-6,8,10-11,13-18H,7,9,12,19H2,1-2H3. The van der Waals surface area contributed by atoms with Crippen LogP contribution in [-0.2, 0) is 11.2 Å². The van der Waals surface area contributed by atoms with Crippen molar-refractivity contribution in [3.63, 3.8) is 0 Å². The molecule has 3 heterocycles. The number of thiophene rings is 1. The second-order valence-corrected chi connectivity index (χ2v) is 10.9. The highest BCUT2D eigenvalue weighted by Gasteiger charge is 2.27. The van der Waals surface area contributed by atoms with Crippen molar-refractivity contribution < 1.29 is 18.7 Å². The molecule has 5 aromatic rings. The summed E-state index contributed by atoms with van der Waals surface area (Å²) in [6.07, 6.45) is 4.62. The molecule has 40 heavy (non-hydrogen) atoms. The molecule has 0 saturated carbocycles. The van der Waals surface area contributed by atoms with Gasteiger partial charge in [0, 0.05) is 27.2 Å². The number of pyridine rings is 1. The van der Waals surface area contributed by atoms with E-state index in [1.807, 2.05) is 42.6 Å². The second kappa shape index (κ2) is 10.7. The third kappa shape index (κ3) is 4.67. The number of benzene rings is 2. The number of hydrogen-bond acceptors (Lipinski definition) is 5. The van der Waals surface area contributed by atoms with Crippen molar-refractivity contribution in [2.45, 2.75) is 33.1 Å². The Morgan fingerprint density at radius 2 is 1.85 bits per heavy atom. The number of aryl methyl sites for hydroxylation is 1. The first-order valence-corrected chi connectivity index (χ1v) is 14.1. The Bertz CT molecular complexity index is 1800. The van der Waals surface area contributed by atoms with Gasteiger partial charge in [0.05, 0.1) is 22.5 Å². The van der Waals surface area contributed by atoms with Crippen molar-refractivity contribution in [3.8, 4) is 5.69 Å². The van der Waals surface area contributed by atoms with E-state index in [-0.39, 0.29) is 11.6 Å². The highest BCUT2D eigenvalue weighted by atomic mass is 32.1. The lowest BCUT2D eigenvalue weighted by Gasteiger charge is -2.22. The van der Waals surface area contributed by atoms with E-state index in [9.17, 15) is 14.0 Å². The number of halogens is 1. The molecule has 0 saturated heterocycles. The minimum atomic E-state index is -0.538. The molecule has 1 aliphatic carbocycles. The first kappa shape index (κ1) is 25.9. The second-order valence-electron chi connectivity index (χ2n) is 9.94. The number of fused-ring (bicyclic) bond motifs is 2. The molecule has 1 aliphatic rings. The smallest absolute Gasteiger partial charge is 0.339 e. The summed E-state index contributed by atoms with van der Waals surface area (Å²) in [7, 11) is 0. The zero-order valence-electron chi connectivity index (χ0n) is 22.2. The molecule has 0 atom stereocenters. The first-order valence-electron chi connectivity index (χ1n) is 13.2. The van der Waals surface area contributed by atoms with E-state index in [2.05, 4.69) is 12.1 Å². The SMILES string of the molecule is Cc1cc(C(=O)COC(=O)c2c3c(nc4ccccc24)C(=Cc2cccs2)CCC3)c(C)n1-c1ccccc1F. The molecule has 0 bridgehead atoms. The van der Waals surface area contributed by atoms with Crippen molar-refractivity contribution in [3.05, 3.63) is 117 Å². The van der Waals surface area contributed by atoms with Gasteiger partial charge < -0.3 is 9.30 Å². The summed E-state index contributed by atoms with van der Waals surface area (Å²) in [6, 6.07) is 19.8. The monoisotopic (exact) mass is 550 g/mol. The molecule has 3 aromatic heterocycles. The molecule has 2 aromatic carbocycles. The number of hydrogen-bond donors (Lipinski definition) is 0. The molecule has 200 valence electrons. The predicted molar refractivity (Wildman–Crippen MR) is 157 cm³/mol. The molecular formula is C33H27FN2O3S. The summed E-state index contributed by atoms with van der Waals surface area (Å²) in [6.45, 7) is 3.17. The Kier molecular flexibility index (Phi) is 6.90. The molecule has 0 N–H and O–H groups in total. The van der Waals surface area contributed by atoms with Crippen molar-refractivity contribution >= 4 is 45.6 Å². The minimum Gasteiger partial charge on any atom is -0.454 e. The quantitative estimate of drug-likeness (QED) is 0.160. The molecule has 0 unspecified atom stereocenters. The fraction of sp³-hybridized carbons (Fsp3) is 0.182. The van der Waals surface area contributed by atoms with Gasteiger partial charge in [-0.1, -0.05) is 36.4 Å². The molecular weight excluding hydrogens is 523 g/mol. The van der Waals surface area contributed by atoms with Crippen LogP contribution in [0.3, 0.4) is 0 Å². The van der Waals surface area contributed by atoms with Crippen LogP contribution in [0.15, 0.2) is 72.1 Å². The summed E-state index contributed by atoms with van der Waals surface area (Å²) in [5.74, 6) is -1.26.